The molecule has 0 saturated heterocycles. The van der Waals surface area contributed by atoms with Gasteiger partial charge in [-0.1, -0.05) is 60.7 Å². The minimum Gasteiger partial charge on any atom is -0.258 e. The third-order valence-corrected chi connectivity index (χ3v) is 8.30. The largest absolute Gasteiger partial charge is 0.258 e. The van der Waals surface area contributed by atoms with Gasteiger partial charge >= 0.3 is 0 Å². The monoisotopic (exact) mass is 353 g/mol. The predicted octanol–water partition coefficient (Wildman–Crippen LogP) is 4.36. The molecule has 2 aromatic carbocycles. The van der Waals surface area contributed by atoms with E-state index in [9.17, 15) is 4.21 Å². The standard InChI is InChI=1S/C21H22OPS/c1-21(2,3)24(22)20-16-10-15-19(20)23(17-11-6-4-7-12-17)18-13-8-5-9-14-18/h4-16H,1-3H3/t24-/m0/s1. The highest BCUT2D eigenvalue weighted by Crippen LogP contribution is 2.57. The summed E-state index contributed by atoms with van der Waals surface area (Å²) in [5.74, 6) is 0. The van der Waals surface area contributed by atoms with Crippen molar-refractivity contribution in [3.8, 4) is 0 Å². The van der Waals surface area contributed by atoms with Crippen molar-refractivity contribution in [3.05, 3.63) is 90.8 Å². The van der Waals surface area contributed by atoms with Crippen LogP contribution in [0.1, 0.15) is 20.8 Å². The predicted molar refractivity (Wildman–Crippen MR) is 106 cm³/mol. The summed E-state index contributed by atoms with van der Waals surface area (Å²) in [6.07, 6.45) is 6.21. The van der Waals surface area contributed by atoms with Gasteiger partial charge in [-0.15, -0.1) is 0 Å². The van der Waals surface area contributed by atoms with Gasteiger partial charge in [0.05, 0.1) is 5.25 Å². The summed E-state index contributed by atoms with van der Waals surface area (Å²) in [7, 11) is -1.74. The Balaban J connectivity index is 2.01. The zero-order chi connectivity index (χ0) is 17.2. The molecule has 0 aliphatic heterocycles. The second-order valence-electron chi connectivity index (χ2n) is 6.66. The molecule has 0 amide bonds. The maximum atomic E-state index is 13.0. The molecule has 5 radical (unpaired) electrons. The van der Waals surface area contributed by atoms with Crippen molar-refractivity contribution in [1.29, 1.82) is 0 Å². The van der Waals surface area contributed by atoms with Gasteiger partial charge in [0.1, 0.15) is 0 Å². The molecule has 123 valence electrons. The molecule has 0 aromatic heterocycles. The summed E-state index contributed by atoms with van der Waals surface area (Å²) in [5, 5.41) is 3.55. The van der Waals surface area contributed by atoms with E-state index in [1.165, 1.54) is 16.3 Å². The van der Waals surface area contributed by atoms with Gasteiger partial charge in [0.15, 0.2) is 0 Å². The molecule has 24 heavy (non-hydrogen) atoms. The third kappa shape index (κ3) is 3.81. The highest BCUT2D eigenvalue weighted by Gasteiger charge is 2.43. The fraction of sp³-hybridized carbons (Fsp3) is 0.190. The van der Waals surface area contributed by atoms with Gasteiger partial charge in [0, 0.05) is 21.2 Å². The minimum absolute atomic E-state index is 0.266. The average molecular weight is 353 g/mol. The van der Waals surface area contributed by atoms with Crippen molar-refractivity contribution >= 4 is 29.3 Å². The zero-order valence-corrected chi connectivity index (χ0v) is 16.0. The molecule has 1 aliphatic carbocycles. The molecule has 1 saturated carbocycles. The Morgan fingerprint density at radius 1 is 0.792 bits per heavy atom. The van der Waals surface area contributed by atoms with Crippen molar-refractivity contribution in [2.45, 2.75) is 25.5 Å². The Labute approximate surface area is 150 Å². The van der Waals surface area contributed by atoms with Crippen molar-refractivity contribution in [3.63, 3.8) is 0 Å². The van der Waals surface area contributed by atoms with E-state index < -0.39 is 18.7 Å². The Bertz CT molecular complexity index is 638. The fourth-order valence-corrected chi connectivity index (χ4v) is 6.61. The summed E-state index contributed by atoms with van der Waals surface area (Å²) < 4.78 is 12.8. The Morgan fingerprint density at radius 2 is 1.29 bits per heavy atom. The summed E-state index contributed by atoms with van der Waals surface area (Å²) in [5.41, 5.74) is 1.20. The van der Waals surface area contributed by atoms with E-state index in [1.807, 2.05) is 45.7 Å². The number of rotatable bonds is 4. The molecule has 0 unspecified atom stereocenters. The van der Waals surface area contributed by atoms with Gasteiger partial charge in [-0.25, -0.2) is 0 Å². The van der Waals surface area contributed by atoms with E-state index in [4.69, 9.17) is 0 Å². The van der Waals surface area contributed by atoms with E-state index in [1.54, 1.807) is 0 Å². The molecule has 0 heterocycles. The first-order valence-electron chi connectivity index (χ1n) is 8.06. The molecule has 0 N–H and O–H groups in total. The molecule has 3 heteroatoms. The van der Waals surface area contributed by atoms with Crippen molar-refractivity contribution in [2.24, 2.45) is 0 Å². The molecular weight excluding hydrogens is 331 g/mol. The second kappa shape index (κ2) is 7.50. The molecule has 1 atom stereocenters. The zero-order valence-electron chi connectivity index (χ0n) is 14.3. The fourth-order valence-electron chi connectivity index (χ4n) is 2.65. The molecule has 1 nitrogen and oxygen atoms in total. The van der Waals surface area contributed by atoms with Gasteiger partial charge in [-0.3, -0.25) is 4.21 Å². The Hall–Kier alpha value is -0.980. The molecular formula is C21H22OPS. The van der Waals surface area contributed by atoms with Gasteiger partial charge in [0.25, 0.3) is 0 Å². The van der Waals surface area contributed by atoms with E-state index in [2.05, 4.69) is 55.0 Å². The van der Waals surface area contributed by atoms with Crippen LogP contribution in [0.15, 0.2) is 60.7 Å². The average Bonchev–Trinajstić information content (AvgIpc) is 3.04. The van der Waals surface area contributed by atoms with Gasteiger partial charge in [-0.2, -0.15) is 0 Å². The van der Waals surface area contributed by atoms with Crippen LogP contribution >= 0.6 is 7.92 Å². The van der Waals surface area contributed by atoms with E-state index >= 15 is 0 Å². The topological polar surface area (TPSA) is 17.1 Å². The normalized spacial score (nSPS) is 18.2. The summed E-state index contributed by atoms with van der Waals surface area (Å²) in [6.45, 7) is 6.10. The van der Waals surface area contributed by atoms with Crippen LogP contribution in [-0.2, 0) is 10.8 Å². The van der Waals surface area contributed by atoms with Crippen LogP contribution < -0.4 is 10.6 Å². The lowest BCUT2D eigenvalue weighted by Gasteiger charge is -2.31. The highest BCUT2D eigenvalue weighted by atomic mass is 32.2. The van der Waals surface area contributed by atoms with Crippen LogP contribution in [0.5, 0.6) is 0 Å². The Morgan fingerprint density at radius 3 is 1.75 bits per heavy atom. The third-order valence-electron chi connectivity index (χ3n) is 3.78. The van der Waals surface area contributed by atoms with E-state index in [0.717, 1.165) is 5.25 Å². The molecule has 0 bridgehead atoms. The SMILES string of the molecule is CC(C)(C)[S@@](=O)[C]1[CH][CH][CH][C]1P(c1ccccc1)c1ccccc1. The quantitative estimate of drug-likeness (QED) is 0.747. The molecule has 0 spiro atoms. The maximum Gasteiger partial charge on any atom is 0.0795 e. The van der Waals surface area contributed by atoms with Crippen molar-refractivity contribution in [1.82, 2.24) is 0 Å². The van der Waals surface area contributed by atoms with Crippen LogP contribution in [0.4, 0.5) is 0 Å². The first kappa shape index (κ1) is 17.8. The second-order valence-corrected chi connectivity index (χ2v) is 11.1. The number of hydrogen-bond donors (Lipinski definition) is 0. The first-order valence-corrected chi connectivity index (χ1v) is 10.6. The van der Waals surface area contributed by atoms with E-state index in [0.29, 0.717) is 0 Å². The van der Waals surface area contributed by atoms with Crippen LogP contribution in [0.2, 0.25) is 0 Å². The van der Waals surface area contributed by atoms with Gasteiger partial charge < -0.3 is 0 Å². The minimum atomic E-state index is -1.03. The van der Waals surface area contributed by atoms with Gasteiger partial charge in [-0.05, 0) is 58.6 Å². The number of benzene rings is 2. The van der Waals surface area contributed by atoms with Gasteiger partial charge in [0.2, 0.25) is 0 Å². The number of hydrogen-bond acceptors (Lipinski definition) is 1. The van der Waals surface area contributed by atoms with Crippen LogP contribution in [0, 0.1) is 30.2 Å². The maximum absolute atomic E-state index is 13.0. The summed E-state index contributed by atoms with van der Waals surface area (Å²) >= 11 is 0. The lowest BCUT2D eigenvalue weighted by molar-refractivity contribution is 0.651. The first-order chi connectivity index (χ1) is 11.5. The molecule has 1 fully saturated rings. The molecule has 3 rings (SSSR count). The van der Waals surface area contributed by atoms with Crippen molar-refractivity contribution in [2.75, 3.05) is 0 Å². The molecule has 2 aromatic rings. The molecule has 1 aliphatic rings. The van der Waals surface area contributed by atoms with Crippen LogP contribution in [0.25, 0.3) is 0 Å². The summed E-state index contributed by atoms with van der Waals surface area (Å²) in [6, 6.07) is 21.1. The lowest BCUT2D eigenvalue weighted by Crippen LogP contribution is -2.29. The highest BCUT2D eigenvalue weighted by molar-refractivity contribution is 7.91. The summed E-state index contributed by atoms with van der Waals surface area (Å²) in [4.78, 5) is 0. The smallest absolute Gasteiger partial charge is 0.0795 e. The van der Waals surface area contributed by atoms with Crippen LogP contribution in [-0.4, -0.2) is 8.96 Å². The van der Waals surface area contributed by atoms with Crippen molar-refractivity contribution < 1.29 is 4.21 Å². The van der Waals surface area contributed by atoms with E-state index in [-0.39, 0.29) is 4.75 Å². The lowest BCUT2D eigenvalue weighted by atomic mass is 10.3. The Kier molecular flexibility index (Phi) is 5.57. The van der Waals surface area contributed by atoms with Crippen LogP contribution in [0.3, 0.4) is 0 Å².